The molecule has 1 unspecified atom stereocenters. The predicted octanol–water partition coefficient (Wildman–Crippen LogP) is 3.02. The summed E-state index contributed by atoms with van der Waals surface area (Å²) in [6, 6.07) is 7.75. The van der Waals surface area contributed by atoms with E-state index >= 15 is 0 Å². The number of rotatable bonds is 6. The van der Waals surface area contributed by atoms with Gasteiger partial charge < -0.3 is 9.64 Å². The maximum Gasteiger partial charge on any atom is 0.263 e. The van der Waals surface area contributed by atoms with Gasteiger partial charge in [-0.3, -0.25) is 4.79 Å². The molecule has 0 fully saturated rings. The summed E-state index contributed by atoms with van der Waals surface area (Å²) < 4.78 is 5.64. The van der Waals surface area contributed by atoms with E-state index in [0.717, 1.165) is 25.1 Å². The van der Waals surface area contributed by atoms with Gasteiger partial charge in [0.15, 0.2) is 6.10 Å². The van der Waals surface area contributed by atoms with E-state index in [1.807, 2.05) is 38.2 Å². The van der Waals surface area contributed by atoms with Gasteiger partial charge in [0.05, 0.1) is 0 Å². The molecule has 0 aliphatic heterocycles. The lowest BCUT2D eigenvalue weighted by molar-refractivity contribution is -0.136. The molecule has 0 spiro atoms. The zero-order valence-corrected chi connectivity index (χ0v) is 11.8. The summed E-state index contributed by atoms with van der Waals surface area (Å²) in [5.41, 5.74) is 1.18. The van der Waals surface area contributed by atoms with Crippen LogP contribution in [0.2, 0.25) is 0 Å². The molecule has 1 amide bonds. The quantitative estimate of drug-likeness (QED) is 0.775. The summed E-state index contributed by atoms with van der Waals surface area (Å²) in [7, 11) is 1.83. The minimum Gasteiger partial charge on any atom is -0.481 e. The van der Waals surface area contributed by atoms with Crippen LogP contribution in [0.1, 0.15) is 32.3 Å². The average Bonchev–Trinajstić information content (AvgIpc) is 2.37. The first kappa shape index (κ1) is 14.6. The van der Waals surface area contributed by atoms with Gasteiger partial charge in [0.1, 0.15) is 5.75 Å². The molecule has 0 radical (unpaired) electrons. The van der Waals surface area contributed by atoms with Gasteiger partial charge in [0.25, 0.3) is 5.91 Å². The lowest BCUT2D eigenvalue weighted by Crippen LogP contribution is -2.38. The monoisotopic (exact) mass is 249 g/mol. The van der Waals surface area contributed by atoms with E-state index < -0.39 is 6.10 Å². The third-order valence-corrected chi connectivity index (χ3v) is 2.90. The molecule has 0 saturated heterocycles. The Kier molecular flexibility index (Phi) is 5.69. The molecule has 1 rings (SSSR count). The minimum absolute atomic E-state index is 0.0315. The molecular formula is C15H23NO2. The molecule has 0 bridgehead atoms. The summed E-state index contributed by atoms with van der Waals surface area (Å²) in [4.78, 5) is 13.8. The number of amides is 1. The van der Waals surface area contributed by atoms with Gasteiger partial charge in [0, 0.05) is 13.6 Å². The van der Waals surface area contributed by atoms with Crippen LogP contribution in [0, 0.1) is 6.92 Å². The first-order chi connectivity index (χ1) is 8.54. The number of aryl methyl sites for hydroxylation is 1. The van der Waals surface area contributed by atoms with Crippen molar-refractivity contribution in [1.29, 1.82) is 0 Å². The van der Waals surface area contributed by atoms with Gasteiger partial charge in [-0.05, 0) is 32.4 Å². The zero-order valence-electron chi connectivity index (χ0n) is 11.8. The number of hydrogen-bond acceptors (Lipinski definition) is 2. The Balaban J connectivity index is 2.51. The molecule has 1 aromatic rings. The summed E-state index contributed by atoms with van der Waals surface area (Å²) in [6.07, 6.45) is 1.68. The van der Waals surface area contributed by atoms with Crippen LogP contribution >= 0.6 is 0 Å². The van der Waals surface area contributed by atoms with Crippen LogP contribution < -0.4 is 4.74 Å². The third kappa shape index (κ3) is 4.40. The normalized spacial score (nSPS) is 12.0. The highest BCUT2D eigenvalue weighted by molar-refractivity contribution is 5.80. The first-order valence-corrected chi connectivity index (χ1v) is 6.53. The van der Waals surface area contributed by atoms with Crippen molar-refractivity contribution < 1.29 is 9.53 Å². The summed E-state index contributed by atoms with van der Waals surface area (Å²) in [6.45, 7) is 6.73. The zero-order chi connectivity index (χ0) is 13.5. The third-order valence-electron chi connectivity index (χ3n) is 2.90. The van der Waals surface area contributed by atoms with E-state index in [0.29, 0.717) is 0 Å². The Morgan fingerprint density at radius 2 is 1.94 bits per heavy atom. The molecule has 0 N–H and O–H groups in total. The summed E-state index contributed by atoms with van der Waals surface area (Å²) >= 11 is 0. The van der Waals surface area contributed by atoms with Crippen molar-refractivity contribution in [2.45, 2.75) is 39.7 Å². The topological polar surface area (TPSA) is 29.5 Å². The van der Waals surface area contributed by atoms with E-state index in [2.05, 4.69) is 6.92 Å². The lowest BCUT2D eigenvalue weighted by atomic mass is 10.2. The maximum atomic E-state index is 12.0. The van der Waals surface area contributed by atoms with Gasteiger partial charge in [-0.15, -0.1) is 0 Å². The first-order valence-electron chi connectivity index (χ1n) is 6.53. The number of nitrogens with zero attached hydrogens (tertiary/aromatic N) is 1. The molecule has 0 heterocycles. The van der Waals surface area contributed by atoms with Gasteiger partial charge >= 0.3 is 0 Å². The highest BCUT2D eigenvalue weighted by Crippen LogP contribution is 2.14. The number of unbranched alkanes of at least 4 members (excludes halogenated alkanes) is 1. The van der Waals surface area contributed by atoms with Gasteiger partial charge in [0.2, 0.25) is 0 Å². The SMILES string of the molecule is CCCCN(C)C(=O)C(C)Oc1ccc(C)cc1. The Morgan fingerprint density at radius 1 is 1.33 bits per heavy atom. The Bertz CT molecular complexity index is 373. The van der Waals surface area contributed by atoms with Crippen molar-refractivity contribution in [3.05, 3.63) is 29.8 Å². The second kappa shape index (κ2) is 7.04. The van der Waals surface area contributed by atoms with Gasteiger partial charge in [-0.25, -0.2) is 0 Å². The molecule has 100 valence electrons. The van der Waals surface area contributed by atoms with Crippen LogP contribution in [0.5, 0.6) is 5.75 Å². The van der Waals surface area contributed by atoms with E-state index in [1.54, 1.807) is 11.8 Å². The lowest BCUT2D eigenvalue weighted by Gasteiger charge is -2.22. The molecular weight excluding hydrogens is 226 g/mol. The highest BCUT2D eigenvalue weighted by Gasteiger charge is 2.18. The fraction of sp³-hybridized carbons (Fsp3) is 0.533. The van der Waals surface area contributed by atoms with Crippen LogP contribution in [0.4, 0.5) is 0 Å². The summed E-state index contributed by atoms with van der Waals surface area (Å²) in [5.74, 6) is 0.773. The molecule has 3 nitrogen and oxygen atoms in total. The van der Waals surface area contributed by atoms with E-state index in [-0.39, 0.29) is 5.91 Å². The molecule has 0 saturated carbocycles. The van der Waals surface area contributed by atoms with Crippen LogP contribution in [0.25, 0.3) is 0 Å². The largest absolute Gasteiger partial charge is 0.481 e. The van der Waals surface area contributed by atoms with Crippen molar-refractivity contribution in [1.82, 2.24) is 4.90 Å². The Labute approximate surface area is 110 Å². The van der Waals surface area contributed by atoms with Crippen molar-refractivity contribution in [2.24, 2.45) is 0 Å². The number of likely N-dealkylation sites (N-methyl/N-ethyl adjacent to an activating group) is 1. The average molecular weight is 249 g/mol. The van der Waals surface area contributed by atoms with Crippen molar-refractivity contribution in [2.75, 3.05) is 13.6 Å². The van der Waals surface area contributed by atoms with Crippen LogP contribution in [-0.2, 0) is 4.79 Å². The van der Waals surface area contributed by atoms with Crippen LogP contribution in [0.15, 0.2) is 24.3 Å². The van der Waals surface area contributed by atoms with E-state index in [1.165, 1.54) is 5.56 Å². The second-order valence-corrected chi connectivity index (χ2v) is 4.69. The minimum atomic E-state index is -0.436. The number of hydrogen-bond donors (Lipinski definition) is 0. The van der Waals surface area contributed by atoms with Crippen LogP contribution in [0.3, 0.4) is 0 Å². The maximum absolute atomic E-state index is 12.0. The standard InChI is InChI=1S/C15H23NO2/c1-5-6-11-16(4)15(17)13(3)18-14-9-7-12(2)8-10-14/h7-10,13H,5-6,11H2,1-4H3. The molecule has 1 atom stereocenters. The second-order valence-electron chi connectivity index (χ2n) is 4.69. The highest BCUT2D eigenvalue weighted by atomic mass is 16.5. The molecule has 1 aromatic carbocycles. The van der Waals surface area contributed by atoms with Crippen molar-refractivity contribution in [3.8, 4) is 5.75 Å². The number of carbonyl (C=O) groups excluding carboxylic acids is 1. The molecule has 0 aliphatic carbocycles. The summed E-state index contributed by atoms with van der Waals surface area (Å²) in [5, 5.41) is 0. The number of benzene rings is 1. The smallest absolute Gasteiger partial charge is 0.263 e. The van der Waals surface area contributed by atoms with E-state index in [4.69, 9.17) is 4.74 Å². The predicted molar refractivity (Wildman–Crippen MR) is 73.8 cm³/mol. The molecule has 18 heavy (non-hydrogen) atoms. The van der Waals surface area contributed by atoms with Crippen LogP contribution in [-0.4, -0.2) is 30.5 Å². The fourth-order valence-electron chi connectivity index (χ4n) is 1.69. The van der Waals surface area contributed by atoms with Crippen molar-refractivity contribution in [3.63, 3.8) is 0 Å². The Morgan fingerprint density at radius 3 is 2.50 bits per heavy atom. The fourth-order valence-corrected chi connectivity index (χ4v) is 1.69. The van der Waals surface area contributed by atoms with Crippen molar-refractivity contribution >= 4 is 5.91 Å². The molecule has 0 aliphatic rings. The Hall–Kier alpha value is -1.51. The number of carbonyl (C=O) groups is 1. The van der Waals surface area contributed by atoms with Gasteiger partial charge in [-0.1, -0.05) is 31.0 Å². The van der Waals surface area contributed by atoms with Gasteiger partial charge in [-0.2, -0.15) is 0 Å². The molecule has 0 aromatic heterocycles. The molecule has 3 heteroatoms. The number of ether oxygens (including phenoxy) is 1. The van der Waals surface area contributed by atoms with E-state index in [9.17, 15) is 4.79 Å².